The second-order valence-electron chi connectivity index (χ2n) is 11.2. The molecule has 1 fully saturated rings. The lowest BCUT2D eigenvalue weighted by molar-refractivity contribution is -0.139. The Kier molecular flexibility index (Phi) is 8.78. The molecule has 0 spiro atoms. The Labute approximate surface area is 264 Å². The van der Waals surface area contributed by atoms with Gasteiger partial charge in [0.15, 0.2) is 5.69 Å². The van der Waals surface area contributed by atoms with Gasteiger partial charge in [0.1, 0.15) is 28.8 Å². The van der Waals surface area contributed by atoms with Crippen LogP contribution in [0.3, 0.4) is 0 Å². The molecule has 0 radical (unpaired) electrons. The summed E-state index contributed by atoms with van der Waals surface area (Å²) in [5.74, 6) is 2.62. The van der Waals surface area contributed by atoms with Crippen molar-refractivity contribution >= 4 is 50.4 Å². The van der Waals surface area contributed by atoms with Gasteiger partial charge in [0, 0.05) is 29.4 Å². The van der Waals surface area contributed by atoms with E-state index < -0.39 is 18.0 Å². The van der Waals surface area contributed by atoms with Gasteiger partial charge in [-0.1, -0.05) is 25.0 Å². The summed E-state index contributed by atoms with van der Waals surface area (Å²) in [7, 11) is 0. The summed E-state index contributed by atoms with van der Waals surface area (Å²) >= 11 is 3.35. The van der Waals surface area contributed by atoms with Gasteiger partial charge in [0.25, 0.3) is 5.91 Å². The lowest BCUT2D eigenvalue weighted by Crippen LogP contribution is -2.47. The number of rotatable bonds is 7. The topological polar surface area (TPSA) is 135 Å². The van der Waals surface area contributed by atoms with E-state index in [1.54, 1.807) is 37.2 Å². The lowest BCUT2D eigenvalue weighted by atomic mass is 10.0. The molecule has 11 nitrogen and oxygen atoms in total. The summed E-state index contributed by atoms with van der Waals surface area (Å²) in [5, 5.41) is 10.8. The van der Waals surface area contributed by atoms with Gasteiger partial charge in [0.2, 0.25) is 11.8 Å². The molecule has 3 amide bonds. The van der Waals surface area contributed by atoms with Crippen LogP contribution in [0.2, 0.25) is 0 Å². The predicted molar refractivity (Wildman–Crippen MR) is 170 cm³/mol. The molecule has 1 saturated heterocycles. The third kappa shape index (κ3) is 6.19. The SMILES string of the molecule is C#CC(C)NC(=O)c1nn(CC(=O)N2[C@H](C)[C@@H](C)C[C@H]2C(=O)Nc2nc(Br)ccc2C)c2ccc(-c3cnc(C)nc3)cc12. The van der Waals surface area contributed by atoms with Crippen molar-refractivity contribution in [1.82, 2.24) is 34.9 Å². The molecule has 4 aromatic rings. The van der Waals surface area contributed by atoms with E-state index in [4.69, 9.17) is 6.42 Å². The molecule has 0 saturated carbocycles. The van der Waals surface area contributed by atoms with Crippen LogP contribution < -0.4 is 10.6 Å². The van der Waals surface area contributed by atoms with Crippen LogP contribution in [0.15, 0.2) is 47.3 Å². The molecule has 1 aliphatic rings. The zero-order valence-electron chi connectivity index (χ0n) is 25.1. The fourth-order valence-electron chi connectivity index (χ4n) is 5.39. The molecule has 0 bridgehead atoms. The molecule has 12 heteroatoms. The molecule has 4 heterocycles. The first-order chi connectivity index (χ1) is 21.0. The Bertz CT molecular complexity index is 1800. The molecule has 4 atom stereocenters. The quantitative estimate of drug-likeness (QED) is 0.224. The summed E-state index contributed by atoms with van der Waals surface area (Å²) < 4.78 is 2.10. The van der Waals surface area contributed by atoms with Gasteiger partial charge < -0.3 is 15.5 Å². The number of aryl methyl sites for hydroxylation is 2. The molecule has 0 aliphatic carbocycles. The van der Waals surface area contributed by atoms with Gasteiger partial charge in [-0.25, -0.2) is 15.0 Å². The van der Waals surface area contributed by atoms with E-state index in [0.717, 1.165) is 16.7 Å². The number of terminal acetylenes is 1. The number of carbonyl (C=O) groups is 3. The van der Waals surface area contributed by atoms with Crippen LogP contribution in [0, 0.1) is 32.1 Å². The van der Waals surface area contributed by atoms with Gasteiger partial charge in [-0.3, -0.25) is 19.1 Å². The Balaban J connectivity index is 1.48. The highest BCUT2D eigenvalue weighted by Crippen LogP contribution is 2.32. The van der Waals surface area contributed by atoms with Crippen LogP contribution in [-0.4, -0.2) is 65.5 Å². The van der Waals surface area contributed by atoms with Crippen molar-refractivity contribution in [3.63, 3.8) is 0 Å². The monoisotopic (exact) mass is 656 g/mol. The first-order valence-corrected chi connectivity index (χ1v) is 15.1. The molecular formula is C32H33BrN8O3. The third-order valence-corrected chi connectivity index (χ3v) is 8.49. The number of pyridine rings is 1. The first-order valence-electron chi connectivity index (χ1n) is 14.3. The van der Waals surface area contributed by atoms with E-state index in [1.165, 1.54) is 4.68 Å². The van der Waals surface area contributed by atoms with Crippen molar-refractivity contribution < 1.29 is 14.4 Å². The Hall–Kier alpha value is -4.63. The second-order valence-corrected chi connectivity index (χ2v) is 12.0. The molecule has 5 rings (SSSR count). The number of anilines is 1. The molecule has 1 aliphatic heterocycles. The minimum Gasteiger partial charge on any atom is -0.337 e. The molecule has 3 aromatic heterocycles. The van der Waals surface area contributed by atoms with Gasteiger partial charge in [-0.05, 0) is 85.3 Å². The smallest absolute Gasteiger partial charge is 0.273 e. The van der Waals surface area contributed by atoms with Crippen LogP contribution in [-0.2, 0) is 16.1 Å². The summed E-state index contributed by atoms with van der Waals surface area (Å²) in [6.45, 7) is 9.15. The maximum Gasteiger partial charge on any atom is 0.273 e. The zero-order valence-corrected chi connectivity index (χ0v) is 26.7. The van der Waals surface area contributed by atoms with Crippen molar-refractivity contribution in [2.45, 2.75) is 65.7 Å². The molecule has 1 aromatic carbocycles. The summed E-state index contributed by atoms with van der Waals surface area (Å²) in [5.41, 5.74) is 3.09. The van der Waals surface area contributed by atoms with Crippen LogP contribution in [0.5, 0.6) is 0 Å². The minimum atomic E-state index is -0.693. The molecule has 2 N–H and O–H groups in total. The number of carbonyl (C=O) groups excluding carboxylic acids is 3. The lowest BCUT2D eigenvalue weighted by Gasteiger charge is -2.28. The van der Waals surface area contributed by atoms with Crippen molar-refractivity contribution in [1.29, 1.82) is 0 Å². The largest absolute Gasteiger partial charge is 0.337 e. The maximum absolute atomic E-state index is 13.9. The number of nitrogens with one attached hydrogen (secondary N) is 2. The van der Waals surface area contributed by atoms with Crippen LogP contribution in [0.1, 0.15) is 49.1 Å². The van der Waals surface area contributed by atoms with Crippen LogP contribution in [0.25, 0.3) is 22.0 Å². The summed E-state index contributed by atoms with van der Waals surface area (Å²) in [6, 6.07) is 7.76. The average Bonchev–Trinajstić information content (AvgIpc) is 3.51. The highest BCUT2D eigenvalue weighted by atomic mass is 79.9. The van der Waals surface area contributed by atoms with Crippen LogP contribution in [0.4, 0.5) is 5.82 Å². The Morgan fingerprint density at radius 3 is 2.55 bits per heavy atom. The van der Waals surface area contributed by atoms with E-state index >= 15 is 0 Å². The van der Waals surface area contributed by atoms with E-state index in [9.17, 15) is 14.4 Å². The Morgan fingerprint density at radius 1 is 1.11 bits per heavy atom. The number of halogens is 1. The van der Waals surface area contributed by atoms with E-state index in [-0.39, 0.29) is 36.0 Å². The third-order valence-electron chi connectivity index (χ3n) is 8.05. The molecule has 226 valence electrons. The number of hydrogen-bond donors (Lipinski definition) is 2. The maximum atomic E-state index is 13.9. The van der Waals surface area contributed by atoms with E-state index in [2.05, 4.69) is 52.5 Å². The van der Waals surface area contributed by atoms with Crippen molar-refractivity contribution in [2.75, 3.05) is 5.32 Å². The minimum absolute atomic E-state index is 0.0894. The molecule has 1 unspecified atom stereocenters. The zero-order chi connectivity index (χ0) is 31.7. The number of benzene rings is 1. The fourth-order valence-corrected chi connectivity index (χ4v) is 5.70. The summed E-state index contributed by atoms with van der Waals surface area (Å²) in [6.07, 6.45) is 9.43. The van der Waals surface area contributed by atoms with Crippen molar-refractivity contribution in [2.24, 2.45) is 5.92 Å². The number of aromatic nitrogens is 5. The van der Waals surface area contributed by atoms with E-state index in [0.29, 0.717) is 33.6 Å². The van der Waals surface area contributed by atoms with Gasteiger partial charge in [0.05, 0.1) is 11.6 Å². The van der Waals surface area contributed by atoms with Crippen LogP contribution >= 0.6 is 15.9 Å². The second kappa shape index (κ2) is 12.5. The number of hydrogen-bond acceptors (Lipinski definition) is 7. The number of likely N-dealkylation sites (tertiary alicyclic amines) is 1. The molecule has 44 heavy (non-hydrogen) atoms. The van der Waals surface area contributed by atoms with Crippen molar-refractivity contribution in [3.8, 4) is 23.5 Å². The predicted octanol–water partition coefficient (Wildman–Crippen LogP) is 4.28. The highest BCUT2D eigenvalue weighted by Gasteiger charge is 2.43. The fraction of sp³-hybridized carbons (Fsp3) is 0.344. The number of fused-ring (bicyclic) bond motifs is 1. The van der Waals surface area contributed by atoms with Gasteiger partial charge in [-0.2, -0.15) is 5.10 Å². The van der Waals surface area contributed by atoms with E-state index in [1.807, 2.05) is 45.0 Å². The first kappa shape index (κ1) is 30.8. The molecular weight excluding hydrogens is 624 g/mol. The Morgan fingerprint density at radius 2 is 1.84 bits per heavy atom. The van der Waals surface area contributed by atoms with Crippen molar-refractivity contribution in [3.05, 3.63) is 64.4 Å². The summed E-state index contributed by atoms with van der Waals surface area (Å²) in [4.78, 5) is 55.3. The van der Waals surface area contributed by atoms with Gasteiger partial charge >= 0.3 is 0 Å². The highest BCUT2D eigenvalue weighted by molar-refractivity contribution is 9.10. The number of nitrogens with zero attached hydrogens (tertiary/aromatic N) is 6. The number of amides is 3. The average molecular weight is 658 g/mol. The standard InChI is InChI=1S/C32H33BrN8O3/c1-7-19(4)36-32(44)29-24-13-22(23-14-34-21(6)35-15-23)9-10-25(24)40(39-29)16-28(42)41-20(5)18(3)12-26(41)31(43)38-30-17(2)8-11-27(33)37-30/h1,8-11,13-15,18-20,26H,12,16H2,2-6H3,(H,36,44)(H,37,38,43)/t18-,19?,20+,26-/m0/s1. The van der Waals surface area contributed by atoms with Gasteiger partial charge in [-0.15, -0.1) is 6.42 Å². The normalized spacial score (nSPS) is 18.6.